The summed E-state index contributed by atoms with van der Waals surface area (Å²) >= 11 is 0. The smallest absolute Gasteiger partial charge is 0.424 e. The molecule has 2 aromatic heterocycles. The van der Waals surface area contributed by atoms with Crippen LogP contribution in [0.2, 0.25) is 0 Å². The van der Waals surface area contributed by atoms with E-state index < -0.39 is 0 Å². The fraction of sp³-hybridized carbons (Fsp3) is 0. The van der Waals surface area contributed by atoms with E-state index >= 15 is 0 Å². The minimum atomic E-state index is -0.150. The Labute approximate surface area is 287 Å². The van der Waals surface area contributed by atoms with Crippen molar-refractivity contribution in [1.29, 1.82) is 0 Å². The molecular weight excluding hydrogens is 614 g/mol. The molecule has 0 saturated carbocycles. The van der Waals surface area contributed by atoms with Crippen LogP contribution in [0.3, 0.4) is 0 Å². The van der Waals surface area contributed by atoms with Crippen LogP contribution in [0.25, 0.3) is 43.6 Å². The standard InChI is InChI=1S/C42H24B2N4O2/c1-5-17-29-25(13-1)37-39-42(48-32-20-8-12-24-36(32)49-33-21-9-3-15-27(33)43(48)45(29)39)38-26-14-2-6-18-30(26)46-40(38)41(37)47-31-19-7-11-23-35(31)50-34-22-10-4-16-28(34)44(46)47/h1-24H. The van der Waals surface area contributed by atoms with Gasteiger partial charge in [0.15, 0.2) is 0 Å². The van der Waals surface area contributed by atoms with Crippen molar-refractivity contribution in [3.8, 4) is 23.0 Å². The zero-order valence-electron chi connectivity index (χ0n) is 26.6. The molecule has 0 amide bonds. The van der Waals surface area contributed by atoms with E-state index in [2.05, 4.69) is 164 Å². The SMILES string of the molecule is c1ccc2c(c1)Oc1ccccc1N1B2n2c3ccccc3c3c4c5c(c1c32)c1ccccc1n5B1c2ccccc2Oc2ccccc2N14. The summed E-state index contributed by atoms with van der Waals surface area (Å²) in [6.07, 6.45) is 0. The summed E-state index contributed by atoms with van der Waals surface area (Å²) in [6.45, 7) is -0.299. The van der Waals surface area contributed by atoms with Crippen molar-refractivity contribution in [2.75, 3.05) is 9.62 Å². The molecule has 0 N–H and O–H groups in total. The molecule has 4 aliphatic rings. The largest absolute Gasteiger partial charge is 0.456 e. The molecule has 0 aliphatic carbocycles. The van der Waals surface area contributed by atoms with E-state index in [1.165, 1.54) is 55.0 Å². The Bertz CT molecular complexity index is 2800. The number of nitrogens with zero attached hydrogens (tertiary/aromatic N) is 4. The second-order valence-corrected chi connectivity index (χ2v) is 13.6. The van der Waals surface area contributed by atoms with E-state index in [4.69, 9.17) is 9.47 Å². The average molecular weight is 638 g/mol. The third kappa shape index (κ3) is 2.81. The Morgan fingerprint density at radius 3 is 1.24 bits per heavy atom. The minimum Gasteiger partial charge on any atom is -0.456 e. The maximum absolute atomic E-state index is 6.77. The van der Waals surface area contributed by atoms with Gasteiger partial charge in [-0.1, -0.05) is 97.1 Å². The highest BCUT2D eigenvalue weighted by Gasteiger charge is 2.51. The molecule has 230 valence electrons. The van der Waals surface area contributed by atoms with Crippen molar-refractivity contribution in [1.82, 2.24) is 8.96 Å². The van der Waals surface area contributed by atoms with Crippen molar-refractivity contribution >= 4 is 91.3 Å². The molecule has 0 radical (unpaired) electrons. The lowest BCUT2D eigenvalue weighted by atomic mass is 9.65. The Balaban J connectivity index is 1.30. The number of rotatable bonds is 0. The molecule has 0 fully saturated rings. The Kier molecular flexibility index (Phi) is 4.45. The number of fused-ring (bicyclic) bond motifs is 22. The first-order chi connectivity index (χ1) is 24.9. The van der Waals surface area contributed by atoms with Crippen LogP contribution < -0.4 is 30.0 Å². The van der Waals surface area contributed by atoms with Crippen LogP contribution in [-0.2, 0) is 0 Å². The highest BCUT2D eigenvalue weighted by atomic mass is 16.5. The lowest BCUT2D eigenvalue weighted by molar-refractivity contribution is 0.489. The van der Waals surface area contributed by atoms with Gasteiger partial charge in [0.2, 0.25) is 0 Å². The molecule has 0 bridgehead atoms. The third-order valence-electron chi connectivity index (χ3n) is 11.3. The van der Waals surface area contributed by atoms with Crippen LogP contribution >= 0.6 is 0 Å². The summed E-state index contributed by atoms with van der Waals surface area (Å²) in [4.78, 5) is 5.11. The molecule has 0 atom stereocenters. The van der Waals surface area contributed by atoms with Gasteiger partial charge in [0.25, 0.3) is 0 Å². The van der Waals surface area contributed by atoms with Gasteiger partial charge in [0, 0.05) is 43.5 Å². The second kappa shape index (κ2) is 8.73. The van der Waals surface area contributed by atoms with E-state index in [0.29, 0.717) is 0 Å². The molecule has 0 saturated heterocycles. The van der Waals surface area contributed by atoms with Crippen molar-refractivity contribution < 1.29 is 9.47 Å². The van der Waals surface area contributed by atoms with Gasteiger partial charge >= 0.3 is 14.0 Å². The van der Waals surface area contributed by atoms with Gasteiger partial charge in [0.1, 0.15) is 23.0 Å². The van der Waals surface area contributed by atoms with Crippen molar-refractivity contribution in [2.45, 2.75) is 0 Å². The lowest BCUT2D eigenvalue weighted by Crippen LogP contribution is -2.48. The number of para-hydroxylation sites is 8. The summed E-state index contributed by atoms with van der Waals surface area (Å²) in [6, 6.07) is 52.0. The molecule has 6 heterocycles. The van der Waals surface area contributed by atoms with Gasteiger partial charge in [-0.3, -0.25) is 0 Å². The van der Waals surface area contributed by atoms with Crippen LogP contribution in [0.15, 0.2) is 146 Å². The fourth-order valence-electron chi connectivity index (χ4n) is 9.52. The van der Waals surface area contributed by atoms with Crippen LogP contribution in [0, 0.1) is 0 Å². The monoisotopic (exact) mass is 638 g/mol. The van der Waals surface area contributed by atoms with Crippen molar-refractivity contribution in [2.24, 2.45) is 0 Å². The third-order valence-corrected chi connectivity index (χ3v) is 11.3. The number of anilines is 4. The summed E-state index contributed by atoms with van der Waals surface area (Å²) in [5.74, 6) is 3.48. The summed E-state index contributed by atoms with van der Waals surface area (Å²) in [7, 11) is 0. The summed E-state index contributed by atoms with van der Waals surface area (Å²) in [5, 5.41) is 5.00. The molecule has 4 aliphatic heterocycles. The molecule has 13 rings (SSSR count). The Hall–Kier alpha value is -6.53. The highest BCUT2D eigenvalue weighted by Crippen LogP contribution is 2.60. The van der Waals surface area contributed by atoms with E-state index in [1.54, 1.807) is 0 Å². The molecular formula is C42H24B2N4O2. The zero-order chi connectivity index (χ0) is 32.2. The molecule has 7 aromatic carbocycles. The zero-order valence-corrected chi connectivity index (χ0v) is 26.6. The van der Waals surface area contributed by atoms with Gasteiger partial charge in [-0.25, -0.2) is 0 Å². The molecule has 9 aromatic rings. The highest BCUT2D eigenvalue weighted by molar-refractivity contribution is 6.84. The maximum atomic E-state index is 6.77. The van der Waals surface area contributed by atoms with Gasteiger partial charge in [0.05, 0.1) is 33.8 Å². The van der Waals surface area contributed by atoms with E-state index in [0.717, 1.165) is 45.3 Å². The first-order valence-corrected chi connectivity index (χ1v) is 17.2. The van der Waals surface area contributed by atoms with Crippen LogP contribution in [0.1, 0.15) is 0 Å². The Morgan fingerprint density at radius 2 is 0.760 bits per heavy atom. The number of aromatic nitrogens is 2. The fourth-order valence-corrected chi connectivity index (χ4v) is 9.52. The number of hydrogen-bond donors (Lipinski definition) is 0. The summed E-state index contributed by atoms with van der Waals surface area (Å²) in [5.41, 5.74) is 11.7. The lowest BCUT2D eigenvalue weighted by Gasteiger charge is -2.28. The summed E-state index contributed by atoms with van der Waals surface area (Å²) < 4.78 is 18.7. The molecule has 0 unspecified atom stereocenters. The number of benzene rings is 7. The molecule has 50 heavy (non-hydrogen) atoms. The molecule has 0 spiro atoms. The van der Waals surface area contributed by atoms with Crippen LogP contribution in [0.5, 0.6) is 23.0 Å². The van der Waals surface area contributed by atoms with Crippen LogP contribution in [-0.4, -0.2) is 22.9 Å². The number of hydrogen-bond acceptors (Lipinski definition) is 4. The first kappa shape index (κ1) is 25.5. The quantitative estimate of drug-likeness (QED) is 0.156. The first-order valence-electron chi connectivity index (χ1n) is 17.2. The minimum absolute atomic E-state index is 0.150. The van der Waals surface area contributed by atoms with E-state index in [-0.39, 0.29) is 14.0 Å². The predicted octanol–water partition coefficient (Wildman–Crippen LogP) is 8.90. The number of ether oxygens (including phenoxy) is 2. The Morgan fingerprint density at radius 1 is 0.380 bits per heavy atom. The molecule has 8 heteroatoms. The van der Waals surface area contributed by atoms with Gasteiger partial charge in [-0.2, -0.15) is 0 Å². The van der Waals surface area contributed by atoms with E-state index in [9.17, 15) is 0 Å². The van der Waals surface area contributed by atoms with Gasteiger partial charge < -0.3 is 28.1 Å². The topological polar surface area (TPSA) is 34.8 Å². The van der Waals surface area contributed by atoms with Gasteiger partial charge in [-0.05, 0) is 48.5 Å². The maximum Gasteiger partial charge on any atom is 0.424 e. The normalized spacial score (nSPS) is 14.6. The van der Waals surface area contributed by atoms with Crippen LogP contribution in [0.4, 0.5) is 22.7 Å². The van der Waals surface area contributed by atoms with E-state index in [1.807, 2.05) is 0 Å². The predicted molar refractivity (Wildman–Crippen MR) is 204 cm³/mol. The van der Waals surface area contributed by atoms with Crippen molar-refractivity contribution in [3.63, 3.8) is 0 Å². The van der Waals surface area contributed by atoms with Crippen molar-refractivity contribution in [3.05, 3.63) is 146 Å². The van der Waals surface area contributed by atoms with Gasteiger partial charge in [-0.15, -0.1) is 0 Å². The second-order valence-electron chi connectivity index (χ2n) is 13.6. The average Bonchev–Trinajstić information content (AvgIpc) is 3.84. The molecule has 6 nitrogen and oxygen atoms in total.